The smallest absolute Gasteiger partial charge is 0.329 e. The Labute approximate surface area is 136 Å². The van der Waals surface area contributed by atoms with E-state index in [1.807, 2.05) is 32.3 Å². The van der Waals surface area contributed by atoms with Gasteiger partial charge in [-0.2, -0.15) is 4.98 Å². The van der Waals surface area contributed by atoms with Crippen molar-refractivity contribution in [3.63, 3.8) is 0 Å². The van der Waals surface area contributed by atoms with Gasteiger partial charge in [0, 0.05) is 26.2 Å². The molecule has 0 saturated carbocycles. The van der Waals surface area contributed by atoms with E-state index in [4.69, 9.17) is 11.6 Å². The Bertz CT molecular complexity index is 999. The molecule has 2 heterocycles. The minimum absolute atomic E-state index is 0.342. The van der Waals surface area contributed by atoms with Gasteiger partial charge in [0.1, 0.15) is 0 Å². The quantitative estimate of drug-likeness (QED) is 0.781. The summed E-state index contributed by atoms with van der Waals surface area (Å²) in [6, 6.07) is 7.42. The second kappa shape index (κ2) is 5.58. The van der Waals surface area contributed by atoms with Gasteiger partial charge in [-0.25, -0.2) is 4.79 Å². The molecule has 0 atom stereocenters. The minimum atomic E-state index is -0.491. The molecule has 23 heavy (non-hydrogen) atoms. The number of fused-ring (bicyclic) bond motifs is 1. The van der Waals surface area contributed by atoms with Crippen molar-refractivity contribution in [1.82, 2.24) is 19.1 Å². The molecule has 1 N–H and O–H groups in total. The third kappa shape index (κ3) is 2.53. The number of H-pyrrole nitrogens is 1. The Morgan fingerprint density at radius 2 is 1.96 bits per heavy atom. The number of nitrogens with zero attached hydrogens (tertiary/aromatic N) is 4. The number of rotatable bonds is 3. The number of nitrogens with one attached hydrogen (secondary N) is 1. The third-order valence-electron chi connectivity index (χ3n) is 3.67. The highest BCUT2D eigenvalue weighted by Gasteiger charge is 2.19. The van der Waals surface area contributed by atoms with Gasteiger partial charge in [-0.05, 0) is 11.6 Å². The molecule has 0 saturated heterocycles. The van der Waals surface area contributed by atoms with Crippen LogP contribution in [-0.4, -0.2) is 33.2 Å². The van der Waals surface area contributed by atoms with Crippen molar-refractivity contribution in [3.05, 3.63) is 55.7 Å². The van der Waals surface area contributed by atoms with Crippen LogP contribution in [0.25, 0.3) is 11.2 Å². The van der Waals surface area contributed by atoms with E-state index in [1.165, 1.54) is 4.57 Å². The summed E-state index contributed by atoms with van der Waals surface area (Å²) in [5, 5.41) is 0.611. The highest BCUT2D eigenvalue weighted by atomic mass is 35.5. The van der Waals surface area contributed by atoms with Crippen LogP contribution in [0.3, 0.4) is 0 Å². The van der Waals surface area contributed by atoms with Crippen molar-refractivity contribution in [2.24, 2.45) is 7.05 Å². The molecule has 0 radical (unpaired) electrons. The highest BCUT2D eigenvalue weighted by Crippen LogP contribution is 2.22. The monoisotopic (exact) mass is 333 g/mol. The first-order valence-corrected chi connectivity index (χ1v) is 7.38. The summed E-state index contributed by atoms with van der Waals surface area (Å²) in [5.41, 5.74) is 0.598. The molecule has 120 valence electrons. The molecule has 3 rings (SSSR count). The molecule has 3 aromatic rings. The van der Waals surface area contributed by atoms with Crippen molar-refractivity contribution in [2.75, 3.05) is 19.0 Å². The van der Waals surface area contributed by atoms with Crippen molar-refractivity contribution in [3.8, 4) is 0 Å². The number of hydrogen-bond donors (Lipinski definition) is 1. The van der Waals surface area contributed by atoms with E-state index < -0.39 is 11.2 Å². The number of aromatic amines is 1. The van der Waals surface area contributed by atoms with Crippen molar-refractivity contribution < 1.29 is 0 Å². The molecule has 8 heteroatoms. The number of hydrogen-bond acceptors (Lipinski definition) is 4. The topological polar surface area (TPSA) is 75.9 Å². The molecule has 0 fully saturated rings. The maximum Gasteiger partial charge on any atom is 0.329 e. The van der Waals surface area contributed by atoms with E-state index in [0.29, 0.717) is 28.7 Å². The van der Waals surface area contributed by atoms with E-state index in [0.717, 1.165) is 5.56 Å². The Kier molecular flexibility index (Phi) is 3.73. The van der Waals surface area contributed by atoms with Crippen molar-refractivity contribution in [1.29, 1.82) is 0 Å². The molecule has 2 aromatic heterocycles. The molecular formula is C15H16ClN5O2. The zero-order valence-corrected chi connectivity index (χ0v) is 13.8. The summed E-state index contributed by atoms with van der Waals surface area (Å²) in [6.07, 6.45) is 0. The summed E-state index contributed by atoms with van der Waals surface area (Å²) in [4.78, 5) is 32.6. The van der Waals surface area contributed by atoms with Crippen molar-refractivity contribution in [2.45, 2.75) is 6.54 Å². The van der Waals surface area contributed by atoms with E-state index in [2.05, 4.69) is 9.97 Å². The van der Waals surface area contributed by atoms with E-state index in [9.17, 15) is 9.59 Å². The first-order chi connectivity index (χ1) is 10.9. The van der Waals surface area contributed by atoms with Gasteiger partial charge in [0.2, 0.25) is 5.95 Å². The molecule has 0 amide bonds. The zero-order valence-electron chi connectivity index (χ0n) is 13.0. The number of aryl methyl sites for hydroxylation is 1. The van der Waals surface area contributed by atoms with Gasteiger partial charge >= 0.3 is 5.69 Å². The van der Waals surface area contributed by atoms with Crippen LogP contribution in [0.4, 0.5) is 5.95 Å². The lowest BCUT2D eigenvalue weighted by molar-refractivity contribution is 0.793. The fraction of sp³-hybridized carbons (Fsp3) is 0.267. The molecular weight excluding hydrogens is 318 g/mol. The lowest BCUT2D eigenvalue weighted by Gasteiger charge is -2.15. The van der Waals surface area contributed by atoms with Crippen LogP contribution >= 0.6 is 11.6 Å². The molecule has 0 spiro atoms. The number of benzene rings is 1. The van der Waals surface area contributed by atoms with Crippen LogP contribution in [0.2, 0.25) is 5.02 Å². The second-order valence-electron chi connectivity index (χ2n) is 5.47. The number of aromatic nitrogens is 4. The number of halogens is 1. The van der Waals surface area contributed by atoms with Crippen LogP contribution in [0.5, 0.6) is 0 Å². The maximum atomic E-state index is 12.3. The zero-order chi connectivity index (χ0) is 16.7. The third-order valence-corrected chi connectivity index (χ3v) is 4.04. The van der Waals surface area contributed by atoms with E-state index >= 15 is 0 Å². The predicted octanol–water partition coefficient (Wildman–Crippen LogP) is 1.19. The van der Waals surface area contributed by atoms with Gasteiger partial charge in [0.05, 0.1) is 6.54 Å². The molecule has 7 nitrogen and oxygen atoms in total. The summed E-state index contributed by atoms with van der Waals surface area (Å²) in [6.45, 7) is 0.380. The van der Waals surface area contributed by atoms with Crippen LogP contribution in [0.1, 0.15) is 5.56 Å². The largest absolute Gasteiger partial charge is 0.348 e. The van der Waals surface area contributed by atoms with E-state index in [-0.39, 0.29) is 0 Å². The van der Waals surface area contributed by atoms with Gasteiger partial charge in [-0.1, -0.05) is 29.8 Å². The van der Waals surface area contributed by atoms with Crippen LogP contribution in [0, 0.1) is 0 Å². The van der Waals surface area contributed by atoms with Gasteiger partial charge in [0.15, 0.2) is 11.2 Å². The average Bonchev–Trinajstić information content (AvgIpc) is 2.87. The Morgan fingerprint density at radius 3 is 2.61 bits per heavy atom. The molecule has 0 bridgehead atoms. The normalized spacial score (nSPS) is 11.1. The van der Waals surface area contributed by atoms with Gasteiger partial charge in [0.25, 0.3) is 5.56 Å². The Hall–Kier alpha value is -2.54. The molecule has 1 aromatic carbocycles. The summed E-state index contributed by atoms with van der Waals surface area (Å²) < 4.78 is 3.08. The standard InChI is InChI=1S/C15H16ClN5O2/c1-19(2)14-17-12-11(13(22)18-15(23)20(12)3)21(14)8-9-6-4-5-7-10(9)16/h4-7H,8H2,1-3H3,(H,18,22,23). The van der Waals surface area contributed by atoms with Crippen molar-refractivity contribution >= 4 is 28.7 Å². The van der Waals surface area contributed by atoms with Crippen LogP contribution < -0.4 is 16.1 Å². The molecule has 0 aliphatic rings. The first-order valence-electron chi connectivity index (χ1n) is 7.00. The fourth-order valence-corrected chi connectivity index (χ4v) is 2.71. The maximum absolute atomic E-state index is 12.3. The summed E-state index contributed by atoms with van der Waals surface area (Å²) in [7, 11) is 5.24. The number of anilines is 1. The van der Waals surface area contributed by atoms with Crippen LogP contribution in [-0.2, 0) is 13.6 Å². The predicted molar refractivity (Wildman–Crippen MR) is 90.5 cm³/mol. The summed E-state index contributed by atoms with van der Waals surface area (Å²) in [5.74, 6) is 0.576. The lowest BCUT2D eigenvalue weighted by atomic mass is 10.2. The molecule has 0 unspecified atom stereocenters. The van der Waals surface area contributed by atoms with Gasteiger partial charge < -0.3 is 4.90 Å². The second-order valence-corrected chi connectivity index (χ2v) is 5.88. The van der Waals surface area contributed by atoms with Gasteiger partial charge in [-0.3, -0.25) is 18.9 Å². The number of imidazole rings is 1. The minimum Gasteiger partial charge on any atom is -0.348 e. The van der Waals surface area contributed by atoms with Gasteiger partial charge in [-0.15, -0.1) is 0 Å². The molecule has 0 aliphatic heterocycles. The fourth-order valence-electron chi connectivity index (χ4n) is 2.51. The van der Waals surface area contributed by atoms with Crippen LogP contribution in [0.15, 0.2) is 33.9 Å². The SMILES string of the molecule is CN(C)c1nc2c(c(=O)[nH]c(=O)n2C)n1Cc1ccccc1Cl. The molecule has 0 aliphatic carbocycles. The highest BCUT2D eigenvalue weighted by molar-refractivity contribution is 6.31. The first kappa shape index (κ1) is 15.4. The summed E-state index contributed by atoms with van der Waals surface area (Å²) >= 11 is 6.23. The van der Waals surface area contributed by atoms with E-state index in [1.54, 1.807) is 22.6 Å². The Morgan fingerprint density at radius 1 is 1.26 bits per heavy atom. The average molecular weight is 334 g/mol. The lowest BCUT2D eigenvalue weighted by Crippen LogP contribution is -2.29. The Balaban J connectivity index is 2.32.